The number of carbonyl (C=O) groups is 2. The molecule has 1 aliphatic rings. The maximum Gasteiger partial charge on any atom is 0.315 e. The molecule has 1 fully saturated rings. The molecule has 1 saturated heterocycles. The Balaban J connectivity index is 1.75. The lowest BCUT2D eigenvalue weighted by molar-refractivity contribution is -0.129. The largest absolute Gasteiger partial charge is 0.468 e. The van der Waals surface area contributed by atoms with Crippen LogP contribution in [-0.2, 0) is 4.79 Å². The van der Waals surface area contributed by atoms with Gasteiger partial charge in [-0.15, -0.1) is 0 Å². The van der Waals surface area contributed by atoms with Gasteiger partial charge in [0, 0.05) is 32.6 Å². The first-order chi connectivity index (χ1) is 11.0. The molecule has 7 heteroatoms. The lowest BCUT2D eigenvalue weighted by atomic mass is 10.1. The van der Waals surface area contributed by atoms with Gasteiger partial charge in [-0.25, -0.2) is 4.79 Å². The van der Waals surface area contributed by atoms with Gasteiger partial charge in [-0.2, -0.15) is 0 Å². The summed E-state index contributed by atoms with van der Waals surface area (Å²) in [5, 5.41) is 5.88. The van der Waals surface area contributed by atoms with Crippen LogP contribution in [0.15, 0.2) is 22.8 Å². The van der Waals surface area contributed by atoms with E-state index in [4.69, 9.17) is 4.42 Å². The number of likely N-dealkylation sites (tertiary alicyclic amines) is 1. The predicted molar refractivity (Wildman–Crippen MR) is 86.9 cm³/mol. The van der Waals surface area contributed by atoms with Crippen LogP contribution in [0.5, 0.6) is 0 Å². The molecule has 2 N–H and O–H groups in total. The molecule has 128 valence electrons. The van der Waals surface area contributed by atoms with Crippen molar-refractivity contribution in [2.75, 3.05) is 33.7 Å². The normalized spacial score (nSPS) is 17.1. The zero-order valence-electron chi connectivity index (χ0n) is 14.0. The monoisotopic (exact) mass is 322 g/mol. The Labute approximate surface area is 137 Å². The highest BCUT2D eigenvalue weighted by Gasteiger charge is 2.23. The van der Waals surface area contributed by atoms with Crippen molar-refractivity contribution in [1.82, 2.24) is 20.4 Å². The van der Waals surface area contributed by atoms with Gasteiger partial charge in [0.25, 0.3) is 0 Å². The topological polar surface area (TPSA) is 77.8 Å². The first-order valence-electron chi connectivity index (χ1n) is 7.97. The molecule has 0 unspecified atom stereocenters. The van der Waals surface area contributed by atoms with Gasteiger partial charge in [-0.1, -0.05) is 0 Å². The van der Waals surface area contributed by atoms with E-state index in [0.717, 1.165) is 18.6 Å². The molecule has 1 atom stereocenters. The standard InChI is InChI=1S/C16H26N4O3/c1-12(21)20-8-6-13(7-9-20)18-16(22)17-11-14(19(2)3)15-5-4-10-23-15/h4-5,10,13-14H,6-9,11H2,1-3H3,(H2,17,18,22)/t14-/m1/s1. The van der Waals surface area contributed by atoms with Crippen LogP contribution >= 0.6 is 0 Å². The summed E-state index contributed by atoms with van der Waals surface area (Å²) in [5.41, 5.74) is 0. The molecular formula is C16H26N4O3. The quantitative estimate of drug-likeness (QED) is 0.854. The molecule has 0 saturated carbocycles. The third-order valence-corrected chi connectivity index (χ3v) is 4.23. The van der Waals surface area contributed by atoms with E-state index in [0.29, 0.717) is 19.6 Å². The van der Waals surface area contributed by atoms with Gasteiger partial charge in [0.15, 0.2) is 0 Å². The SMILES string of the molecule is CC(=O)N1CCC(NC(=O)NC[C@H](c2ccco2)N(C)C)CC1. The van der Waals surface area contributed by atoms with E-state index >= 15 is 0 Å². The summed E-state index contributed by atoms with van der Waals surface area (Å²) in [7, 11) is 3.90. The summed E-state index contributed by atoms with van der Waals surface area (Å²) in [6, 6.07) is 3.68. The van der Waals surface area contributed by atoms with Crippen molar-refractivity contribution >= 4 is 11.9 Å². The number of furan rings is 1. The number of carbonyl (C=O) groups excluding carboxylic acids is 2. The van der Waals surface area contributed by atoms with Crippen LogP contribution in [0.25, 0.3) is 0 Å². The number of urea groups is 1. The van der Waals surface area contributed by atoms with Gasteiger partial charge >= 0.3 is 6.03 Å². The van der Waals surface area contributed by atoms with E-state index < -0.39 is 0 Å². The zero-order valence-corrected chi connectivity index (χ0v) is 14.0. The van der Waals surface area contributed by atoms with E-state index in [1.165, 1.54) is 0 Å². The molecule has 2 heterocycles. The maximum absolute atomic E-state index is 12.1. The molecule has 7 nitrogen and oxygen atoms in total. The predicted octanol–water partition coefficient (Wildman–Crippen LogP) is 1.19. The Kier molecular flexibility index (Phi) is 6.04. The third kappa shape index (κ3) is 4.99. The number of piperidine rings is 1. The third-order valence-electron chi connectivity index (χ3n) is 4.23. The molecule has 1 aromatic rings. The van der Waals surface area contributed by atoms with Gasteiger partial charge in [-0.05, 0) is 39.1 Å². The minimum atomic E-state index is -0.176. The lowest BCUT2D eigenvalue weighted by Gasteiger charge is -2.32. The van der Waals surface area contributed by atoms with Crippen LogP contribution in [0.2, 0.25) is 0 Å². The average Bonchev–Trinajstić information content (AvgIpc) is 3.01. The smallest absolute Gasteiger partial charge is 0.315 e. The second-order valence-corrected chi connectivity index (χ2v) is 6.13. The van der Waals surface area contributed by atoms with Crippen molar-refractivity contribution in [1.29, 1.82) is 0 Å². The van der Waals surface area contributed by atoms with E-state index in [-0.39, 0.29) is 24.0 Å². The molecule has 0 bridgehead atoms. The van der Waals surface area contributed by atoms with E-state index in [9.17, 15) is 9.59 Å². The Morgan fingerprint density at radius 1 is 1.39 bits per heavy atom. The van der Waals surface area contributed by atoms with Gasteiger partial charge in [-0.3, -0.25) is 9.69 Å². The first-order valence-corrected chi connectivity index (χ1v) is 7.97. The number of amides is 3. The highest BCUT2D eigenvalue weighted by atomic mass is 16.3. The second-order valence-electron chi connectivity index (χ2n) is 6.13. The lowest BCUT2D eigenvalue weighted by Crippen LogP contribution is -2.49. The average molecular weight is 322 g/mol. The summed E-state index contributed by atoms with van der Waals surface area (Å²) in [5.74, 6) is 0.922. The van der Waals surface area contributed by atoms with E-state index in [2.05, 4.69) is 10.6 Å². The second kappa shape index (κ2) is 8.01. The Morgan fingerprint density at radius 3 is 2.61 bits per heavy atom. The summed E-state index contributed by atoms with van der Waals surface area (Å²) in [6.45, 7) is 3.45. The molecule has 0 aliphatic carbocycles. The molecule has 0 radical (unpaired) electrons. The maximum atomic E-state index is 12.1. The number of nitrogens with zero attached hydrogens (tertiary/aromatic N) is 2. The van der Waals surface area contributed by atoms with E-state index in [1.54, 1.807) is 13.2 Å². The Hall–Kier alpha value is -2.02. The molecule has 1 aromatic heterocycles. The van der Waals surface area contributed by atoms with Crippen LogP contribution in [0.3, 0.4) is 0 Å². The van der Waals surface area contributed by atoms with Crippen molar-refractivity contribution in [2.45, 2.75) is 31.8 Å². The van der Waals surface area contributed by atoms with Crippen LogP contribution in [-0.4, -0.2) is 61.5 Å². The molecule has 3 amide bonds. The van der Waals surface area contributed by atoms with Crippen LogP contribution in [0.1, 0.15) is 31.6 Å². The highest BCUT2D eigenvalue weighted by Crippen LogP contribution is 2.17. The summed E-state index contributed by atoms with van der Waals surface area (Å²) in [6.07, 6.45) is 3.22. The summed E-state index contributed by atoms with van der Waals surface area (Å²) < 4.78 is 5.42. The van der Waals surface area contributed by atoms with Gasteiger partial charge in [0.05, 0.1) is 12.3 Å². The Bertz CT molecular complexity index is 507. The molecule has 0 aromatic carbocycles. The van der Waals surface area contributed by atoms with Gasteiger partial charge in [0.1, 0.15) is 5.76 Å². The number of rotatable bonds is 5. The zero-order chi connectivity index (χ0) is 16.8. The molecule has 2 rings (SSSR count). The van der Waals surface area contributed by atoms with Crippen LogP contribution in [0.4, 0.5) is 4.79 Å². The van der Waals surface area contributed by atoms with Crippen molar-refractivity contribution in [3.05, 3.63) is 24.2 Å². The minimum Gasteiger partial charge on any atom is -0.468 e. The summed E-state index contributed by atoms with van der Waals surface area (Å²) >= 11 is 0. The van der Waals surface area contributed by atoms with Crippen molar-refractivity contribution in [2.24, 2.45) is 0 Å². The van der Waals surface area contributed by atoms with Crippen LogP contribution in [0, 0.1) is 0 Å². The molecular weight excluding hydrogens is 296 g/mol. The highest BCUT2D eigenvalue weighted by molar-refractivity contribution is 5.75. The fraction of sp³-hybridized carbons (Fsp3) is 0.625. The fourth-order valence-electron chi connectivity index (χ4n) is 2.78. The van der Waals surface area contributed by atoms with Crippen molar-refractivity contribution in [3.63, 3.8) is 0 Å². The Morgan fingerprint density at radius 2 is 2.09 bits per heavy atom. The van der Waals surface area contributed by atoms with Crippen molar-refractivity contribution in [3.8, 4) is 0 Å². The van der Waals surface area contributed by atoms with Crippen LogP contribution < -0.4 is 10.6 Å². The first kappa shape index (κ1) is 17.3. The van der Waals surface area contributed by atoms with Gasteiger partial charge in [0.2, 0.25) is 5.91 Å². The van der Waals surface area contributed by atoms with Crippen molar-refractivity contribution < 1.29 is 14.0 Å². The fourth-order valence-corrected chi connectivity index (χ4v) is 2.78. The number of likely N-dealkylation sites (N-methyl/N-ethyl adjacent to an activating group) is 1. The number of hydrogen-bond acceptors (Lipinski definition) is 4. The number of nitrogens with one attached hydrogen (secondary N) is 2. The van der Waals surface area contributed by atoms with Gasteiger partial charge < -0.3 is 20.0 Å². The minimum absolute atomic E-state index is 0.00434. The molecule has 0 spiro atoms. The van der Waals surface area contributed by atoms with E-state index in [1.807, 2.05) is 36.0 Å². The molecule has 1 aliphatic heterocycles. The summed E-state index contributed by atoms with van der Waals surface area (Å²) in [4.78, 5) is 27.2. The molecule has 23 heavy (non-hydrogen) atoms. The number of hydrogen-bond donors (Lipinski definition) is 2.